The average Bonchev–Trinajstić information content (AvgIpc) is 2.57. The number of nitrogens with one attached hydrogen (secondary N) is 1. The molecule has 0 heterocycles. The van der Waals surface area contributed by atoms with E-state index in [9.17, 15) is 13.2 Å². The minimum atomic E-state index is -3.70. The standard InChI is InChI=1S/C17H26N2O4S/c1-13-6-4-5-7-16(13)18-17(20)12-19(2)24(21,22)15-10-8-14(23-3)9-11-15/h8-11,13,16H,4-7,12H2,1-3H3,(H,18,20). The van der Waals surface area contributed by atoms with Crippen molar-refractivity contribution in [3.63, 3.8) is 0 Å². The van der Waals surface area contributed by atoms with Crippen LogP contribution >= 0.6 is 0 Å². The molecule has 1 fully saturated rings. The number of rotatable bonds is 6. The first-order valence-electron chi connectivity index (χ1n) is 8.24. The number of ether oxygens (including phenoxy) is 1. The number of nitrogens with zero attached hydrogens (tertiary/aromatic N) is 1. The molecule has 2 unspecified atom stereocenters. The number of hydrogen-bond donors (Lipinski definition) is 1. The van der Waals surface area contributed by atoms with Gasteiger partial charge in [0.1, 0.15) is 5.75 Å². The van der Waals surface area contributed by atoms with E-state index in [2.05, 4.69) is 12.2 Å². The SMILES string of the molecule is COc1ccc(S(=O)(=O)N(C)CC(=O)NC2CCCCC2C)cc1. The van der Waals surface area contributed by atoms with Crippen LogP contribution in [0.4, 0.5) is 0 Å². The van der Waals surface area contributed by atoms with Crippen LogP contribution in [-0.4, -0.2) is 45.4 Å². The van der Waals surface area contributed by atoms with Crippen molar-refractivity contribution in [1.82, 2.24) is 9.62 Å². The molecule has 6 nitrogen and oxygen atoms in total. The van der Waals surface area contributed by atoms with Crippen LogP contribution in [0, 0.1) is 5.92 Å². The number of carbonyl (C=O) groups excluding carboxylic acids is 1. The quantitative estimate of drug-likeness (QED) is 0.848. The summed E-state index contributed by atoms with van der Waals surface area (Å²) in [5, 5.41) is 2.98. The third-order valence-corrected chi connectivity index (χ3v) is 6.41. The molecule has 0 spiro atoms. The van der Waals surface area contributed by atoms with E-state index in [1.807, 2.05) is 0 Å². The summed E-state index contributed by atoms with van der Waals surface area (Å²) in [4.78, 5) is 12.4. The lowest BCUT2D eigenvalue weighted by atomic mass is 9.86. The third-order valence-electron chi connectivity index (χ3n) is 4.59. The lowest BCUT2D eigenvalue weighted by molar-refractivity contribution is -0.122. The van der Waals surface area contributed by atoms with E-state index in [1.165, 1.54) is 32.7 Å². The van der Waals surface area contributed by atoms with Crippen molar-refractivity contribution in [3.8, 4) is 5.75 Å². The van der Waals surface area contributed by atoms with E-state index in [1.54, 1.807) is 12.1 Å². The Labute approximate surface area is 144 Å². The molecule has 0 aliphatic heterocycles. The summed E-state index contributed by atoms with van der Waals surface area (Å²) in [5.41, 5.74) is 0. The van der Waals surface area contributed by atoms with Crippen molar-refractivity contribution in [1.29, 1.82) is 0 Å². The molecular weight excluding hydrogens is 328 g/mol. The highest BCUT2D eigenvalue weighted by molar-refractivity contribution is 7.89. The molecule has 1 N–H and O–H groups in total. The molecule has 0 aromatic heterocycles. The molecule has 2 rings (SSSR count). The summed E-state index contributed by atoms with van der Waals surface area (Å²) in [6.07, 6.45) is 4.36. The number of hydrogen-bond acceptors (Lipinski definition) is 4. The Kier molecular flexibility index (Phi) is 6.23. The van der Waals surface area contributed by atoms with Crippen LogP contribution in [0.1, 0.15) is 32.6 Å². The molecule has 1 aliphatic rings. The second kappa shape index (κ2) is 7.98. The Morgan fingerprint density at radius 3 is 2.46 bits per heavy atom. The van der Waals surface area contributed by atoms with E-state index in [0.29, 0.717) is 11.7 Å². The lowest BCUT2D eigenvalue weighted by Gasteiger charge is -2.30. The number of benzene rings is 1. The molecule has 2 atom stereocenters. The first-order valence-corrected chi connectivity index (χ1v) is 9.68. The van der Waals surface area contributed by atoms with Gasteiger partial charge in [-0.15, -0.1) is 0 Å². The number of carbonyl (C=O) groups is 1. The number of likely N-dealkylation sites (N-methyl/N-ethyl adjacent to an activating group) is 1. The fourth-order valence-electron chi connectivity index (χ4n) is 3.00. The van der Waals surface area contributed by atoms with Crippen LogP contribution in [0.5, 0.6) is 5.75 Å². The molecule has 0 saturated heterocycles. The van der Waals surface area contributed by atoms with Crippen molar-refractivity contribution in [2.45, 2.75) is 43.5 Å². The minimum Gasteiger partial charge on any atom is -0.497 e. The summed E-state index contributed by atoms with van der Waals surface area (Å²) < 4.78 is 31.2. The van der Waals surface area contributed by atoms with Crippen molar-refractivity contribution >= 4 is 15.9 Å². The fraction of sp³-hybridized carbons (Fsp3) is 0.588. The Hall–Kier alpha value is -1.60. The molecule has 7 heteroatoms. The molecule has 0 bridgehead atoms. The molecule has 1 aromatic rings. The van der Waals surface area contributed by atoms with E-state index >= 15 is 0 Å². The molecule has 24 heavy (non-hydrogen) atoms. The van der Waals surface area contributed by atoms with Gasteiger partial charge in [-0.25, -0.2) is 8.42 Å². The zero-order valence-electron chi connectivity index (χ0n) is 14.5. The van der Waals surface area contributed by atoms with Crippen molar-refractivity contribution in [2.75, 3.05) is 20.7 Å². The Morgan fingerprint density at radius 2 is 1.88 bits per heavy atom. The molecule has 1 aliphatic carbocycles. The summed E-state index contributed by atoms with van der Waals surface area (Å²) >= 11 is 0. The predicted octanol–water partition coefficient (Wildman–Crippen LogP) is 2.01. The second-order valence-corrected chi connectivity index (χ2v) is 8.42. The highest BCUT2D eigenvalue weighted by atomic mass is 32.2. The maximum absolute atomic E-state index is 12.5. The van der Waals surface area contributed by atoms with E-state index in [-0.39, 0.29) is 23.4 Å². The monoisotopic (exact) mass is 354 g/mol. The van der Waals surface area contributed by atoms with Gasteiger partial charge in [0.2, 0.25) is 15.9 Å². The lowest BCUT2D eigenvalue weighted by Crippen LogP contribution is -2.46. The summed E-state index contributed by atoms with van der Waals surface area (Å²) in [6.45, 7) is 1.94. The fourth-order valence-corrected chi connectivity index (χ4v) is 4.13. The van der Waals surface area contributed by atoms with Crippen molar-refractivity contribution in [3.05, 3.63) is 24.3 Å². The molecule has 0 radical (unpaired) electrons. The van der Waals surface area contributed by atoms with Gasteiger partial charge in [-0.1, -0.05) is 19.8 Å². The first kappa shape index (κ1) is 18.7. The largest absolute Gasteiger partial charge is 0.497 e. The van der Waals surface area contributed by atoms with Crippen molar-refractivity contribution < 1.29 is 17.9 Å². The summed E-state index contributed by atoms with van der Waals surface area (Å²) in [5.74, 6) is 0.764. The van der Waals surface area contributed by atoms with Gasteiger partial charge in [0.15, 0.2) is 0 Å². The van der Waals surface area contributed by atoms with Gasteiger partial charge in [-0.3, -0.25) is 4.79 Å². The smallest absolute Gasteiger partial charge is 0.243 e. The maximum Gasteiger partial charge on any atom is 0.243 e. The Morgan fingerprint density at radius 1 is 1.25 bits per heavy atom. The van der Waals surface area contributed by atoms with E-state index in [4.69, 9.17) is 4.74 Å². The zero-order chi connectivity index (χ0) is 17.7. The highest BCUT2D eigenvalue weighted by Gasteiger charge is 2.26. The molecule has 1 aromatic carbocycles. The molecule has 134 valence electrons. The van der Waals surface area contributed by atoms with Gasteiger partial charge in [0.25, 0.3) is 0 Å². The van der Waals surface area contributed by atoms with Gasteiger partial charge >= 0.3 is 0 Å². The maximum atomic E-state index is 12.5. The number of methoxy groups -OCH3 is 1. The summed E-state index contributed by atoms with van der Waals surface area (Å²) in [6, 6.07) is 6.27. The average molecular weight is 354 g/mol. The van der Waals surface area contributed by atoms with E-state index < -0.39 is 10.0 Å². The highest BCUT2D eigenvalue weighted by Crippen LogP contribution is 2.24. The minimum absolute atomic E-state index is 0.142. The van der Waals surface area contributed by atoms with Crippen LogP contribution in [0.2, 0.25) is 0 Å². The van der Waals surface area contributed by atoms with Gasteiger partial charge in [0, 0.05) is 13.1 Å². The normalized spacial score (nSPS) is 21.5. The zero-order valence-corrected chi connectivity index (χ0v) is 15.3. The van der Waals surface area contributed by atoms with Crippen molar-refractivity contribution in [2.24, 2.45) is 5.92 Å². The van der Waals surface area contributed by atoms with Crippen LogP contribution in [-0.2, 0) is 14.8 Å². The first-order chi connectivity index (χ1) is 11.3. The Balaban J connectivity index is 1.98. The Bertz CT molecular complexity index is 658. The number of amides is 1. The van der Waals surface area contributed by atoms with E-state index in [0.717, 1.165) is 23.6 Å². The van der Waals surface area contributed by atoms with Crippen LogP contribution in [0.15, 0.2) is 29.2 Å². The van der Waals surface area contributed by atoms with Gasteiger partial charge in [0.05, 0.1) is 18.6 Å². The van der Waals surface area contributed by atoms with Gasteiger partial charge in [-0.05, 0) is 43.0 Å². The third kappa shape index (κ3) is 4.48. The van der Waals surface area contributed by atoms with Gasteiger partial charge < -0.3 is 10.1 Å². The molecular formula is C17H26N2O4S. The van der Waals surface area contributed by atoms with Crippen LogP contribution in [0.3, 0.4) is 0 Å². The molecule has 1 saturated carbocycles. The topological polar surface area (TPSA) is 75.7 Å². The predicted molar refractivity (Wildman–Crippen MR) is 92.4 cm³/mol. The van der Waals surface area contributed by atoms with Crippen LogP contribution in [0.25, 0.3) is 0 Å². The second-order valence-electron chi connectivity index (χ2n) is 6.37. The summed E-state index contributed by atoms with van der Waals surface area (Å²) in [7, 11) is -0.756. The molecule has 1 amide bonds. The van der Waals surface area contributed by atoms with Gasteiger partial charge in [-0.2, -0.15) is 4.31 Å². The van der Waals surface area contributed by atoms with Crippen LogP contribution < -0.4 is 10.1 Å². The number of sulfonamides is 1.